The van der Waals surface area contributed by atoms with E-state index in [1.807, 2.05) is 36.5 Å². The number of imidazole rings is 1. The maximum Gasteiger partial charge on any atom is 0.286 e. The highest BCUT2D eigenvalue weighted by Crippen LogP contribution is 2.44. The van der Waals surface area contributed by atoms with Crippen molar-refractivity contribution in [3.05, 3.63) is 124 Å². The molecule has 0 bridgehead atoms. The smallest absolute Gasteiger partial charge is 0.286 e. The van der Waals surface area contributed by atoms with Crippen molar-refractivity contribution < 1.29 is 23.4 Å². The molecule has 12 heteroatoms. The van der Waals surface area contributed by atoms with Gasteiger partial charge in [0.05, 0.1) is 43.1 Å². The van der Waals surface area contributed by atoms with Crippen LogP contribution in [0.1, 0.15) is 40.6 Å². The Hall–Kier alpha value is -4.87. The minimum Gasteiger partial charge on any atom is -0.494 e. The van der Waals surface area contributed by atoms with Crippen molar-refractivity contribution in [1.82, 2.24) is 29.3 Å². The number of nitrogens with zero attached hydrogens (tertiary/aromatic N) is 6. The first-order chi connectivity index (χ1) is 21.5. The molecule has 0 saturated heterocycles. The van der Waals surface area contributed by atoms with E-state index < -0.39 is 17.2 Å². The number of aliphatic hydroxyl groups is 1. The van der Waals surface area contributed by atoms with Crippen molar-refractivity contribution in [2.45, 2.75) is 24.9 Å². The molecule has 0 spiro atoms. The summed E-state index contributed by atoms with van der Waals surface area (Å²) in [6, 6.07) is 15.7. The van der Waals surface area contributed by atoms with Crippen LogP contribution in [0, 0.1) is 0 Å². The molecule has 1 unspecified atom stereocenters. The van der Waals surface area contributed by atoms with Gasteiger partial charge in [-0.1, -0.05) is 29.8 Å². The number of halogens is 3. The van der Waals surface area contributed by atoms with Crippen LogP contribution in [0.15, 0.2) is 85.7 Å². The second kappa shape index (κ2) is 11.6. The number of fused-ring (bicyclic) bond motifs is 1. The molecule has 0 saturated carbocycles. The Bertz CT molecular complexity index is 1970. The zero-order valence-electron chi connectivity index (χ0n) is 24.9. The molecule has 4 heterocycles. The van der Waals surface area contributed by atoms with Crippen molar-refractivity contribution in [3.63, 3.8) is 0 Å². The summed E-state index contributed by atoms with van der Waals surface area (Å²) in [5.74, 6) is -2.50. The first-order valence-corrected chi connectivity index (χ1v) is 14.3. The molecule has 1 atom stereocenters. The summed E-state index contributed by atoms with van der Waals surface area (Å²) in [5.41, 5.74) is 1.59. The molecule has 0 radical (unpaired) electrons. The highest BCUT2D eigenvalue weighted by Gasteiger charge is 2.39. The van der Waals surface area contributed by atoms with Gasteiger partial charge < -0.3 is 19.1 Å². The van der Waals surface area contributed by atoms with Crippen LogP contribution in [0.2, 0.25) is 5.02 Å². The second-order valence-electron chi connectivity index (χ2n) is 10.7. The second-order valence-corrected chi connectivity index (χ2v) is 11.1. The topological polar surface area (TPSA) is 100 Å². The fraction of sp³-hybridized carbons (Fsp3) is 0.212. The molecule has 0 fully saturated rings. The van der Waals surface area contributed by atoms with Gasteiger partial charge in [-0.05, 0) is 47.5 Å². The first kappa shape index (κ1) is 30.2. The number of hydrogen-bond donors (Lipinski definition) is 1. The van der Waals surface area contributed by atoms with E-state index >= 15 is 0 Å². The largest absolute Gasteiger partial charge is 0.494 e. The Kier molecular flexibility index (Phi) is 7.75. The number of hydrogen-bond acceptors (Lipinski definition) is 7. The highest BCUT2D eigenvalue weighted by molar-refractivity contribution is 6.36. The van der Waals surface area contributed by atoms with Crippen molar-refractivity contribution in [3.8, 4) is 17.3 Å². The predicted octanol–water partition coefficient (Wildman–Crippen LogP) is 6.21. The predicted molar refractivity (Wildman–Crippen MR) is 165 cm³/mol. The lowest BCUT2D eigenvalue weighted by Crippen LogP contribution is -2.31. The summed E-state index contributed by atoms with van der Waals surface area (Å²) in [6.45, 7) is 0.769. The van der Waals surface area contributed by atoms with Gasteiger partial charge >= 0.3 is 0 Å². The van der Waals surface area contributed by atoms with Crippen LogP contribution in [0.4, 0.5) is 8.78 Å². The Labute approximate surface area is 262 Å². The van der Waals surface area contributed by atoms with E-state index in [2.05, 4.69) is 15.1 Å². The molecular weight excluding hydrogens is 602 g/mol. The maximum absolute atomic E-state index is 14.0. The molecular formula is C33H29ClF2N6O3. The lowest BCUT2D eigenvalue weighted by Gasteiger charge is -2.30. The molecule has 0 aliphatic rings. The Morgan fingerprint density at radius 1 is 1.00 bits per heavy atom. The monoisotopic (exact) mass is 630 g/mol. The summed E-state index contributed by atoms with van der Waals surface area (Å²) >= 11 is 7.13. The van der Waals surface area contributed by atoms with Gasteiger partial charge in [-0.25, -0.2) is 14.6 Å². The van der Waals surface area contributed by atoms with Crippen molar-refractivity contribution in [2.24, 2.45) is 7.05 Å². The average Bonchev–Trinajstić information content (AvgIpc) is 3.74. The van der Waals surface area contributed by atoms with E-state index in [4.69, 9.17) is 26.1 Å². The van der Waals surface area contributed by atoms with Gasteiger partial charge in [-0.2, -0.15) is 13.9 Å². The third-order valence-electron chi connectivity index (χ3n) is 7.78. The summed E-state index contributed by atoms with van der Waals surface area (Å²) in [6.07, 6.45) is 8.26. The molecule has 0 amide bonds. The van der Waals surface area contributed by atoms with Crippen LogP contribution in [0.5, 0.6) is 11.6 Å². The van der Waals surface area contributed by atoms with Gasteiger partial charge in [0.2, 0.25) is 5.88 Å². The summed E-state index contributed by atoms with van der Waals surface area (Å²) < 4.78 is 42.8. The molecule has 6 rings (SSSR count). The summed E-state index contributed by atoms with van der Waals surface area (Å²) in [4.78, 5) is 12.9. The summed E-state index contributed by atoms with van der Waals surface area (Å²) in [5, 5.41) is 17.7. The zero-order valence-corrected chi connectivity index (χ0v) is 25.6. The molecule has 1 N–H and O–H groups in total. The van der Waals surface area contributed by atoms with Crippen LogP contribution in [0.3, 0.4) is 0 Å². The van der Waals surface area contributed by atoms with E-state index in [0.29, 0.717) is 50.8 Å². The van der Waals surface area contributed by atoms with Crippen LogP contribution >= 0.6 is 11.6 Å². The number of ether oxygens (including phenoxy) is 2. The van der Waals surface area contributed by atoms with E-state index in [0.717, 1.165) is 18.2 Å². The average molecular weight is 631 g/mol. The molecule has 9 nitrogen and oxygen atoms in total. The lowest BCUT2D eigenvalue weighted by molar-refractivity contribution is 0.0125. The zero-order chi connectivity index (χ0) is 31.9. The molecule has 4 aromatic heterocycles. The van der Waals surface area contributed by atoms with Crippen LogP contribution in [-0.4, -0.2) is 48.6 Å². The molecule has 45 heavy (non-hydrogen) atoms. The van der Waals surface area contributed by atoms with E-state index in [9.17, 15) is 13.9 Å². The minimum atomic E-state index is -3.15. The van der Waals surface area contributed by atoms with Crippen molar-refractivity contribution in [2.75, 3.05) is 14.2 Å². The van der Waals surface area contributed by atoms with Gasteiger partial charge in [0.1, 0.15) is 17.0 Å². The number of alkyl halides is 2. The molecule has 6 aromatic rings. The normalized spacial score (nSPS) is 13.2. The third kappa shape index (κ3) is 5.38. The quantitative estimate of drug-likeness (QED) is 0.203. The SMILES string of the molecule is COc1nc2c(OC)cc(C(O)(c3ccc(C(C)(F)F)nc3)c3cncn3C)cc2c(Cl)c1Cc1ccc(-n2cccn2)cc1. The van der Waals surface area contributed by atoms with Crippen LogP contribution < -0.4 is 9.47 Å². The van der Waals surface area contributed by atoms with E-state index in [1.54, 1.807) is 34.6 Å². The number of aryl methyl sites for hydroxylation is 1. The third-order valence-corrected chi connectivity index (χ3v) is 8.22. The molecule has 230 valence electrons. The van der Waals surface area contributed by atoms with Gasteiger partial charge in [0.15, 0.2) is 5.60 Å². The van der Waals surface area contributed by atoms with E-state index in [1.165, 1.54) is 45.1 Å². The van der Waals surface area contributed by atoms with Crippen LogP contribution in [-0.2, 0) is 25.0 Å². The fourth-order valence-electron chi connectivity index (χ4n) is 5.43. The number of benzene rings is 2. The lowest BCUT2D eigenvalue weighted by atomic mass is 9.83. The van der Waals surface area contributed by atoms with Gasteiger partial charge in [0, 0.05) is 55.5 Å². The van der Waals surface area contributed by atoms with Gasteiger partial charge in [-0.15, -0.1) is 0 Å². The fourth-order valence-corrected chi connectivity index (χ4v) is 5.72. The number of aromatic nitrogens is 6. The molecule has 2 aromatic carbocycles. The van der Waals surface area contributed by atoms with Gasteiger partial charge in [-0.3, -0.25) is 4.98 Å². The van der Waals surface area contributed by atoms with Gasteiger partial charge in [0.25, 0.3) is 5.92 Å². The number of methoxy groups -OCH3 is 2. The Balaban J connectivity index is 1.51. The number of pyridine rings is 2. The molecule has 0 aliphatic heterocycles. The van der Waals surface area contributed by atoms with Crippen molar-refractivity contribution >= 4 is 22.5 Å². The highest BCUT2D eigenvalue weighted by atomic mass is 35.5. The van der Waals surface area contributed by atoms with Crippen LogP contribution in [0.25, 0.3) is 16.6 Å². The van der Waals surface area contributed by atoms with Crippen molar-refractivity contribution in [1.29, 1.82) is 0 Å². The Morgan fingerprint density at radius 3 is 2.36 bits per heavy atom. The number of rotatable bonds is 9. The summed E-state index contributed by atoms with van der Waals surface area (Å²) in [7, 11) is 4.73. The maximum atomic E-state index is 14.0. The Morgan fingerprint density at radius 2 is 1.78 bits per heavy atom. The minimum absolute atomic E-state index is 0.246. The molecule has 0 aliphatic carbocycles. The first-order valence-electron chi connectivity index (χ1n) is 13.9. The standard InChI is InChI=1S/C33H29ClF2N6O3/c1-32(35,36)27-11-8-21(17-38-27)33(43,28-18-37-19-41(28)2)22-15-24-29(34)25(31(45-4)40-30(24)26(16-22)44-3)14-20-6-9-23(10-7-20)42-13-5-12-39-42/h5-13,15-19,43H,14H2,1-4H3. The van der Waals surface area contributed by atoms with E-state index in [-0.39, 0.29) is 5.56 Å².